The van der Waals surface area contributed by atoms with Crippen LogP contribution in [0.25, 0.3) is 0 Å². The van der Waals surface area contributed by atoms with Gasteiger partial charge in [0.05, 0.1) is 11.4 Å². The van der Waals surface area contributed by atoms with E-state index in [1.165, 1.54) is 12.3 Å². The first-order valence-corrected chi connectivity index (χ1v) is 6.68. The Kier molecular flexibility index (Phi) is 3.00. The lowest BCUT2D eigenvalue weighted by atomic mass is 10.2. The van der Waals surface area contributed by atoms with Gasteiger partial charge in [0, 0.05) is 0 Å². The second-order valence-corrected chi connectivity index (χ2v) is 5.51. The summed E-state index contributed by atoms with van der Waals surface area (Å²) in [5, 5.41) is 0. The Balaban J connectivity index is 2.43. The fourth-order valence-electron chi connectivity index (χ4n) is 1.61. The second kappa shape index (κ2) is 4.34. The van der Waals surface area contributed by atoms with Crippen molar-refractivity contribution >= 4 is 21.7 Å². The predicted molar refractivity (Wildman–Crippen MR) is 67.6 cm³/mol. The zero-order valence-electron chi connectivity index (χ0n) is 9.97. The molecule has 7 heteroatoms. The number of anilines is 2. The van der Waals surface area contributed by atoms with Gasteiger partial charge in [0.2, 0.25) is 0 Å². The molecule has 1 heterocycles. The molecule has 96 valence electrons. The van der Waals surface area contributed by atoms with Crippen molar-refractivity contribution in [3.63, 3.8) is 0 Å². The molecule has 0 aliphatic carbocycles. The minimum absolute atomic E-state index is 0.0425. The molecular formula is C11H13N3O3S. The summed E-state index contributed by atoms with van der Waals surface area (Å²) in [6.07, 6.45) is 1.36. The zero-order chi connectivity index (χ0) is 13.3. The van der Waals surface area contributed by atoms with Crippen LogP contribution in [0, 0.1) is 13.8 Å². The average Bonchev–Trinajstić information content (AvgIpc) is 2.62. The van der Waals surface area contributed by atoms with E-state index in [1.807, 2.05) is 0 Å². The molecule has 0 amide bonds. The molecule has 0 aliphatic rings. The molecule has 1 aromatic heterocycles. The number of benzene rings is 1. The molecule has 6 nitrogen and oxygen atoms in total. The summed E-state index contributed by atoms with van der Waals surface area (Å²) < 4.78 is 31.5. The highest BCUT2D eigenvalue weighted by Crippen LogP contribution is 2.24. The highest BCUT2D eigenvalue weighted by atomic mass is 32.2. The van der Waals surface area contributed by atoms with Crippen molar-refractivity contribution in [3.05, 3.63) is 35.7 Å². The number of sulfonamides is 1. The first kappa shape index (κ1) is 12.4. The van der Waals surface area contributed by atoms with Gasteiger partial charge in [-0.1, -0.05) is 12.1 Å². The molecule has 0 unspecified atom stereocenters. The quantitative estimate of drug-likeness (QED) is 0.824. The number of hydrogen-bond donors (Lipinski definition) is 2. The Morgan fingerprint density at radius 3 is 2.61 bits per heavy atom. The minimum Gasteiger partial charge on any atom is -0.431 e. The number of hydrogen-bond acceptors (Lipinski definition) is 5. The summed E-state index contributed by atoms with van der Waals surface area (Å²) in [4.78, 5) is 3.93. The fourth-order valence-corrected chi connectivity index (χ4v) is 2.91. The number of aromatic nitrogens is 1. The van der Waals surface area contributed by atoms with Crippen molar-refractivity contribution < 1.29 is 12.8 Å². The van der Waals surface area contributed by atoms with E-state index < -0.39 is 10.0 Å². The molecule has 0 fully saturated rings. The van der Waals surface area contributed by atoms with Crippen LogP contribution in [0.2, 0.25) is 0 Å². The van der Waals surface area contributed by atoms with Crippen LogP contribution in [0.5, 0.6) is 0 Å². The van der Waals surface area contributed by atoms with Gasteiger partial charge in [0.1, 0.15) is 11.2 Å². The summed E-state index contributed by atoms with van der Waals surface area (Å²) in [6, 6.07) is 4.82. The monoisotopic (exact) mass is 267 g/mol. The van der Waals surface area contributed by atoms with Crippen LogP contribution in [0.3, 0.4) is 0 Å². The summed E-state index contributed by atoms with van der Waals surface area (Å²) in [5.41, 5.74) is 7.03. The average molecular weight is 267 g/mol. The van der Waals surface area contributed by atoms with E-state index in [-0.39, 0.29) is 16.6 Å². The normalized spacial score (nSPS) is 11.4. The van der Waals surface area contributed by atoms with Gasteiger partial charge in [-0.05, 0) is 25.5 Å². The molecule has 0 atom stereocenters. The molecule has 0 spiro atoms. The summed E-state index contributed by atoms with van der Waals surface area (Å²) in [5.74, 6) is 0. The largest absolute Gasteiger partial charge is 0.431 e. The van der Waals surface area contributed by atoms with Crippen LogP contribution in [-0.4, -0.2) is 13.4 Å². The Hall–Kier alpha value is -2.02. The molecule has 0 saturated carbocycles. The van der Waals surface area contributed by atoms with Gasteiger partial charge in [-0.25, -0.2) is 13.1 Å². The van der Waals surface area contributed by atoms with E-state index >= 15 is 0 Å². The molecule has 0 saturated heterocycles. The Morgan fingerprint density at radius 1 is 1.33 bits per heavy atom. The van der Waals surface area contributed by atoms with E-state index in [1.54, 1.807) is 26.0 Å². The maximum Gasteiger partial charge on any atom is 0.309 e. The first-order chi connectivity index (χ1) is 8.40. The van der Waals surface area contributed by atoms with Crippen molar-refractivity contribution in [2.24, 2.45) is 0 Å². The highest BCUT2D eigenvalue weighted by Gasteiger charge is 2.21. The van der Waals surface area contributed by atoms with Crippen molar-refractivity contribution in [1.82, 2.24) is 4.98 Å². The van der Waals surface area contributed by atoms with Gasteiger partial charge in [-0.3, -0.25) is 0 Å². The van der Waals surface area contributed by atoms with Gasteiger partial charge in [0.25, 0.3) is 10.0 Å². The van der Waals surface area contributed by atoms with Crippen LogP contribution in [-0.2, 0) is 10.0 Å². The van der Waals surface area contributed by atoms with Crippen molar-refractivity contribution in [2.45, 2.75) is 18.7 Å². The lowest BCUT2D eigenvalue weighted by molar-refractivity contribution is 0.569. The molecule has 0 aliphatic heterocycles. The Bertz CT molecular complexity index is 656. The van der Waals surface area contributed by atoms with Crippen LogP contribution in [0.1, 0.15) is 11.3 Å². The van der Waals surface area contributed by atoms with E-state index in [2.05, 4.69) is 9.71 Å². The molecule has 2 aromatic rings. The number of nitrogens with zero attached hydrogens (tertiary/aromatic N) is 1. The molecular weight excluding hydrogens is 254 g/mol. The fraction of sp³-hybridized carbons (Fsp3) is 0.182. The van der Waals surface area contributed by atoms with Gasteiger partial charge < -0.3 is 10.2 Å². The third kappa shape index (κ3) is 2.30. The maximum absolute atomic E-state index is 12.2. The van der Waals surface area contributed by atoms with Gasteiger partial charge in [-0.15, -0.1) is 0 Å². The van der Waals surface area contributed by atoms with Gasteiger partial charge in [0.15, 0.2) is 0 Å². The first-order valence-electron chi connectivity index (χ1n) is 5.20. The van der Waals surface area contributed by atoms with Crippen LogP contribution < -0.4 is 10.5 Å². The SMILES string of the molecule is Cc1coc(NS(=O)(=O)c2c(C)cccc2N)n1. The van der Waals surface area contributed by atoms with Crippen LogP contribution >= 0.6 is 0 Å². The minimum atomic E-state index is -3.79. The number of nitrogens with two attached hydrogens (primary N) is 1. The molecule has 18 heavy (non-hydrogen) atoms. The Morgan fingerprint density at radius 2 is 2.06 bits per heavy atom. The third-order valence-corrected chi connectivity index (χ3v) is 3.89. The highest BCUT2D eigenvalue weighted by molar-refractivity contribution is 7.93. The molecule has 1 aromatic carbocycles. The summed E-state index contributed by atoms with van der Waals surface area (Å²) in [6.45, 7) is 3.37. The lowest BCUT2D eigenvalue weighted by Crippen LogP contribution is -2.16. The van der Waals surface area contributed by atoms with Crippen molar-refractivity contribution in [3.8, 4) is 0 Å². The molecule has 0 bridgehead atoms. The van der Waals surface area contributed by atoms with Crippen LogP contribution in [0.4, 0.5) is 11.7 Å². The number of nitrogens with one attached hydrogen (secondary N) is 1. The number of nitrogen functional groups attached to an aromatic ring is 1. The smallest absolute Gasteiger partial charge is 0.309 e. The molecule has 0 radical (unpaired) electrons. The van der Waals surface area contributed by atoms with E-state index in [0.29, 0.717) is 11.3 Å². The van der Waals surface area contributed by atoms with E-state index in [9.17, 15) is 8.42 Å². The van der Waals surface area contributed by atoms with Crippen molar-refractivity contribution in [1.29, 1.82) is 0 Å². The second-order valence-electron chi connectivity index (χ2n) is 3.89. The van der Waals surface area contributed by atoms with Gasteiger partial charge in [-0.2, -0.15) is 4.98 Å². The standard InChI is InChI=1S/C11H13N3O3S/c1-7-4-3-5-9(12)10(7)18(15,16)14-11-13-8(2)6-17-11/h3-6H,12H2,1-2H3,(H,13,14). The number of aryl methyl sites for hydroxylation is 2. The molecule has 3 N–H and O–H groups in total. The third-order valence-electron chi connectivity index (χ3n) is 2.35. The topological polar surface area (TPSA) is 98.2 Å². The maximum atomic E-state index is 12.2. The van der Waals surface area contributed by atoms with Crippen molar-refractivity contribution in [2.75, 3.05) is 10.5 Å². The summed E-state index contributed by atoms with van der Waals surface area (Å²) >= 11 is 0. The van der Waals surface area contributed by atoms with Gasteiger partial charge >= 0.3 is 6.01 Å². The van der Waals surface area contributed by atoms with E-state index in [0.717, 1.165) is 0 Å². The Labute approximate surface area is 105 Å². The predicted octanol–water partition coefficient (Wildman–Crippen LogP) is 1.67. The van der Waals surface area contributed by atoms with E-state index in [4.69, 9.17) is 10.2 Å². The zero-order valence-corrected chi connectivity index (χ0v) is 10.8. The summed E-state index contributed by atoms with van der Waals surface area (Å²) in [7, 11) is -3.79. The molecule has 2 rings (SSSR count). The van der Waals surface area contributed by atoms with Crippen LogP contribution in [0.15, 0.2) is 33.8 Å². The lowest BCUT2D eigenvalue weighted by Gasteiger charge is -2.09. The number of rotatable bonds is 3. The number of oxazole rings is 1.